The number of hydrogen-bond acceptors (Lipinski definition) is 2. The van der Waals surface area contributed by atoms with Crippen molar-refractivity contribution >= 4 is 17.5 Å². The van der Waals surface area contributed by atoms with Crippen molar-refractivity contribution < 1.29 is 4.79 Å². The Hall–Kier alpha value is -1.09. The van der Waals surface area contributed by atoms with Crippen molar-refractivity contribution in [3.63, 3.8) is 0 Å². The second-order valence-corrected chi connectivity index (χ2v) is 5.43. The summed E-state index contributed by atoms with van der Waals surface area (Å²) in [5.74, 6) is 0.512. The minimum atomic E-state index is -0.113. The lowest BCUT2D eigenvalue weighted by molar-refractivity contribution is 0.0943. The molecule has 1 aliphatic carbocycles. The van der Waals surface area contributed by atoms with Crippen molar-refractivity contribution in [2.45, 2.75) is 39.0 Å². The molecule has 0 aliphatic heterocycles. The minimum Gasteiger partial charge on any atom is -0.352 e. The second-order valence-electron chi connectivity index (χ2n) is 5.02. The summed E-state index contributed by atoms with van der Waals surface area (Å²) in [7, 11) is 0. The van der Waals surface area contributed by atoms with Gasteiger partial charge in [0.15, 0.2) is 0 Å². The van der Waals surface area contributed by atoms with Crippen LogP contribution < -0.4 is 5.32 Å². The number of rotatable bonds is 3. The molecule has 1 aromatic heterocycles. The molecule has 1 amide bonds. The van der Waals surface area contributed by atoms with Gasteiger partial charge in [0.05, 0.1) is 10.6 Å². The van der Waals surface area contributed by atoms with Crippen LogP contribution in [-0.2, 0) is 0 Å². The molecule has 1 aromatic rings. The zero-order valence-electron chi connectivity index (χ0n) is 10.7. The van der Waals surface area contributed by atoms with Crippen molar-refractivity contribution in [2.75, 3.05) is 6.54 Å². The monoisotopic (exact) mass is 266 g/mol. The molecule has 0 radical (unpaired) electrons. The summed E-state index contributed by atoms with van der Waals surface area (Å²) in [4.78, 5) is 16.1. The van der Waals surface area contributed by atoms with Crippen LogP contribution in [0, 0.1) is 12.8 Å². The Morgan fingerprint density at radius 2 is 2.17 bits per heavy atom. The number of hydrogen-bond donors (Lipinski definition) is 1. The van der Waals surface area contributed by atoms with Crippen molar-refractivity contribution in [1.82, 2.24) is 10.3 Å². The summed E-state index contributed by atoms with van der Waals surface area (Å²) in [5.41, 5.74) is 1.29. The van der Waals surface area contributed by atoms with Crippen LogP contribution in [0.5, 0.6) is 0 Å². The van der Waals surface area contributed by atoms with Gasteiger partial charge in [-0.25, -0.2) is 0 Å². The van der Waals surface area contributed by atoms with Gasteiger partial charge in [-0.2, -0.15) is 0 Å². The summed E-state index contributed by atoms with van der Waals surface area (Å²) in [6.45, 7) is 2.61. The van der Waals surface area contributed by atoms with Crippen molar-refractivity contribution in [1.29, 1.82) is 0 Å². The third kappa shape index (κ3) is 3.45. The molecular weight excluding hydrogens is 248 g/mol. The molecule has 0 aromatic carbocycles. The summed E-state index contributed by atoms with van der Waals surface area (Å²) in [5, 5.41) is 3.44. The van der Waals surface area contributed by atoms with Crippen LogP contribution in [0.25, 0.3) is 0 Å². The van der Waals surface area contributed by atoms with Crippen molar-refractivity contribution in [3.8, 4) is 0 Å². The van der Waals surface area contributed by atoms with E-state index in [9.17, 15) is 4.79 Å². The van der Waals surface area contributed by atoms with Crippen LogP contribution in [0.4, 0.5) is 0 Å². The second kappa shape index (κ2) is 6.19. The Morgan fingerprint density at radius 1 is 1.44 bits per heavy atom. The molecule has 0 spiro atoms. The number of nitrogens with one attached hydrogen (secondary N) is 1. The Bertz CT molecular complexity index is 428. The van der Waals surface area contributed by atoms with E-state index >= 15 is 0 Å². The van der Waals surface area contributed by atoms with Gasteiger partial charge < -0.3 is 5.32 Å². The number of amides is 1. The molecule has 2 rings (SSSR count). The van der Waals surface area contributed by atoms with Crippen LogP contribution >= 0.6 is 11.6 Å². The fraction of sp³-hybridized carbons (Fsp3) is 0.571. The predicted octanol–water partition coefficient (Wildman–Crippen LogP) is 3.35. The number of pyridine rings is 1. The van der Waals surface area contributed by atoms with Crippen LogP contribution in [-0.4, -0.2) is 17.4 Å². The van der Waals surface area contributed by atoms with Gasteiger partial charge >= 0.3 is 0 Å². The van der Waals surface area contributed by atoms with Crippen LogP contribution in [0.15, 0.2) is 12.3 Å². The molecule has 4 heteroatoms. The number of aromatic nitrogens is 1. The molecule has 98 valence electrons. The van der Waals surface area contributed by atoms with Gasteiger partial charge in [0, 0.05) is 18.4 Å². The van der Waals surface area contributed by atoms with Gasteiger partial charge in [-0.05, 0) is 31.7 Å². The molecule has 18 heavy (non-hydrogen) atoms. The molecule has 1 aliphatic rings. The molecule has 3 nitrogen and oxygen atoms in total. The van der Waals surface area contributed by atoms with E-state index in [2.05, 4.69) is 10.3 Å². The quantitative estimate of drug-likeness (QED) is 0.912. The van der Waals surface area contributed by atoms with Gasteiger partial charge in [-0.15, -0.1) is 0 Å². The summed E-state index contributed by atoms with van der Waals surface area (Å²) in [6.07, 6.45) is 7.90. The highest BCUT2D eigenvalue weighted by Crippen LogP contribution is 2.23. The van der Waals surface area contributed by atoms with E-state index in [-0.39, 0.29) is 5.91 Å². The Balaban J connectivity index is 1.90. The van der Waals surface area contributed by atoms with E-state index in [1.807, 2.05) is 6.92 Å². The third-order valence-electron chi connectivity index (χ3n) is 3.51. The molecule has 1 saturated carbocycles. The van der Waals surface area contributed by atoms with E-state index in [4.69, 9.17) is 11.6 Å². The molecule has 0 saturated heterocycles. The zero-order chi connectivity index (χ0) is 13.0. The maximum atomic E-state index is 12.0. The Morgan fingerprint density at radius 3 is 2.83 bits per heavy atom. The molecule has 0 atom stereocenters. The zero-order valence-corrected chi connectivity index (χ0v) is 11.5. The van der Waals surface area contributed by atoms with Gasteiger partial charge in [-0.1, -0.05) is 30.9 Å². The number of aryl methyl sites for hydroxylation is 1. The first kappa shape index (κ1) is 13.3. The molecule has 1 fully saturated rings. The maximum absolute atomic E-state index is 12.0. The topological polar surface area (TPSA) is 42.0 Å². The molecule has 1 N–H and O–H groups in total. The fourth-order valence-corrected chi connectivity index (χ4v) is 2.71. The van der Waals surface area contributed by atoms with E-state index in [0.29, 0.717) is 16.5 Å². The fourth-order valence-electron chi connectivity index (χ4n) is 2.42. The van der Waals surface area contributed by atoms with Crippen molar-refractivity contribution in [3.05, 3.63) is 28.5 Å². The largest absolute Gasteiger partial charge is 0.352 e. The highest BCUT2D eigenvalue weighted by atomic mass is 35.5. The van der Waals surface area contributed by atoms with Gasteiger partial charge in [0.2, 0.25) is 0 Å². The lowest BCUT2D eigenvalue weighted by Gasteiger charge is -2.21. The molecule has 1 heterocycles. The van der Waals surface area contributed by atoms with Gasteiger partial charge in [0.1, 0.15) is 0 Å². The SMILES string of the molecule is Cc1cc(Cl)c(C(=O)NCC2CCCCC2)cn1. The van der Waals surface area contributed by atoms with E-state index < -0.39 is 0 Å². The molecule has 0 unspecified atom stereocenters. The van der Waals surface area contributed by atoms with Gasteiger partial charge in [0.25, 0.3) is 5.91 Å². The molecule has 0 bridgehead atoms. The van der Waals surface area contributed by atoms with E-state index in [1.165, 1.54) is 32.1 Å². The number of halogens is 1. The van der Waals surface area contributed by atoms with Gasteiger partial charge in [-0.3, -0.25) is 9.78 Å². The summed E-state index contributed by atoms with van der Waals surface area (Å²) >= 11 is 6.05. The number of carbonyl (C=O) groups is 1. The number of carbonyl (C=O) groups excluding carboxylic acids is 1. The highest BCUT2D eigenvalue weighted by Gasteiger charge is 2.16. The standard InChI is InChI=1S/C14H19ClN2O/c1-10-7-13(15)12(9-16-10)14(18)17-8-11-5-3-2-4-6-11/h7,9,11H,2-6,8H2,1H3,(H,17,18). The van der Waals surface area contributed by atoms with Crippen molar-refractivity contribution in [2.24, 2.45) is 5.92 Å². The normalized spacial score (nSPS) is 16.6. The first-order chi connectivity index (χ1) is 8.66. The third-order valence-corrected chi connectivity index (χ3v) is 3.82. The smallest absolute Gasteiger partial charge is 0.254 e. The van der Waals surface area contributed by atoms with Crippen LogP contribution in [0.1, 0.15) is 48.2 Å². The highest BCUT2D eigenvalue weighted by molar-refractivity contribution is 6.33. The first-order valence-corrected chi connectivity index (χ1v) is 6.95. The average molecular weight is 267 g/mol. The summed E-state index contributed by atoms with van der Waals surface area (Å²) in [6, 6.07) is 1.72. The van der Waals surface area contributed by atoms with Crippen LogP contribution in [0.3, 0.4) is 0 Å². The van der Waals surface area contributed by atoms with E-state index in [1.54, 1.807) is 12.3 Å². The Labute approximate surface area is 113 Å². The van der Waals surface area contributed by atoms with Crippen LogP contribution in [0.2, 0.25) is 5.02 Å². The summed E-state index contributed by atoms with van der Waals surface area (Å²) < 4.78 is 0. The number of nitrogens with zero attached hydrogens (tertiary/aromatic N) is 1. The molecular formula is C14H19ClN2O. The van der Waals surface area contributed by atoms with E-state index in [0.717, 1.165) is 12.2 Å². The maximum Gasteiger partial charge on any atom is 0.254 e. The minimum absolute atomic E-state index is 0.113. The average Bonchev–Trinajstić information content (AvgIpc) is 2.37. The predicted molar refractivity (Wildman–Crippen MR) is 72.9 cm³/mol. The lowest BCUT2D eigenvalue weighted by atomic mass is 9.89. The first-order valence-electron chi connectivity index (χ1n) is 6.57. The lowest BCUT2D eigenvalue weighted by Crippen LogP contribution is -2.30. The Kier molecular flexibility index (Phi) is 4.59.